The van der Waals surface area contributed by atoms with Crippen LogP contribution in [0, 0.1) is 5.82 Å². The van der Waals surface area contributed by atoms with Crippen molar-refractivity contribution >= 4 is 50.2 Å². The van der Waals surface area contributed by atoms with Gasteiger partial charge in [0.15, 0.2) is 0 Å². The highest BCUT2D eigenvalue weighted by atomic mass is 35.5. The molecule has 0 saturated carbocycles. The zero-order chi connectivity index (χ0) is 22.0. The van der Waals surface area contributed by atoms with Gasteiger partial charge in [-0.1, -0.05) is 35.9 Å². The minimum absolute atomic E-state index is 0.0654. The van der Waals surface area contributed by atoms with Crippen LogP contribution in [0.15, 0.2) is 71.6 Å². The number of imidazole rings is 1. The Morgan fingerprint density at radius 2 is 1.81 bits per heavy atom. The fourth-order valence-electron chi connectivity index (χ4n) is 2.97. The minimum Gasteiger partial charge on any atom is -0.324 e. The van der Waals surface area contributed by atoms with Crippen LogP contribution in [-0.4, -0.2) is 24.3 Å². The van der Waals surface area contributed by atoms with E-state index < -0.39 is 20.7 Å². The number of aromatic nitrogens is 2. The van der Waals surface area contributed by atoms with Crippen molar-refractivity contribution in [1.82, 2.24) is 9.97 Å². The molecule has 0 aliphatic carbocycles. The molecule has 0 atom stereocenters. The molecule has 4 aromatic rings. The van der Waals surface area contributed by atoms with Gasteiger partial charge in [0.1, 0.15) is 10.7 Å². The van der Waals surface area contributed by atoms with E-state index in [1.165, 1.54) is 18.2 Å². The average molecular weight is 459 g/mol. The maximum atomic E-state index is 13.9. The molecule has 0 bridgehead atoms. The van der Waals surface area contributed by atoms with E-state index in [2.05, 4.69) is 20.0 Å². The molecule has 158 valence electrons. The quantitative estimate of drug-likeness (QED) is 0.400. The van der Waals surface area contributed by atoms with Gasteiger partial charge in [-0.05, 0) is 48.0 Å². The fraction of sp³-hybridized carbons (Fsp3) is 0.0476. The van der Waals surface area contributed by atoms with Gasteiger partial charge in [0.2, 0.25) is 11.9 Å². The Morgan fingerprint density at radius 1 is 1.06 bits per heavy atom. The summed E-state index contributed by atoms with van der Waals surface area (Å²) in [7, 11) is -4.13. The first-order valence-electron chi connectivity index (χ1n) is 9.11. The van der Waals surface area contributed by atoms with Crippen LogP contribution in [0.2, 0.25) is 5.02 Å². The number of sulfonamides is 1. The van der Waals surface area contributed by atoms with Crippen LogP contribution in [0.4, 0.5) is 16.0 Å². The first-order valence-corrected chi connectivity index (χ1v) is 11.0. The van der Waals surface area contributed by atoms with E-state index in [0.29, 0.717) is 11.5 Å². The van der Waals surface area contributed by atoms with Gasteiger partial charge in [-0.15, -0.1) is 0 Å². The number of para-hydroxylation sites is 2. The zero-order valence-electron chi connectivity index (χ0n) is 15.9. The predicted octanol–water partition coefficient (Wildman–Crippen LogP) is 4.34. The Balaban J connectivity index is 1.41. The summed E-state index contributed by atoms with van der Waals surface area (Å²) in [6.45, 7) is 0. The third-order valence-corrected chi connectivity index (χ3v) is 6.05. The SMILES string of the molecule is O=C(Cc1ccc(NS(=O)(=O)c2ccc(Cl)cc2F)cc1)Nc1nc2ccccc2[nH]1. The second-order valence-corrected chi connectivity index (χ2v) is 8.79. The van der Waals surface area contributed by atoms with Gasteiger partial charge in [-0.2, -0.15) is 0 Å². The number of halogens is 2. The van der Waals surface area contributed by atoms with Crippen molar-refractivity contribution in [1.29, 1.82) is 0 Å². The molecule has 0 fully saturated rings. The van der Waals surface area contributed by atoms with Crippen molar-refractivity contribution in [3.05, 3.63) is 83.1 Å². The lowest BCUT2D eigenvalue weighted by atomic mass is 10.1. The second kappa shape index (κ2) is 8.37. The molecule has 0 radical (unpaired) electrons. The molecule has 10 heteroatoms. The fourth-order valence-corrected chi connectivity index (χ4v) is 4.25. The van der Waals surface area contributed by atoms with Crippen molar-refractivity contribution in [3.63, 3.8) is 0 Å². The van der Waals surface area contributed by atoms with Gasteiger partial charge >= 0.3 is 0 Å². The number of benzene rings is 3. The highest BCUT2D eigenvalue weighted by molar-refractivity contribution is 7.92. The van der Waals surface area contributed by atoms with Crippen LogP contribution >= 0.6 is 11.6 Å². The van der Waals surface area contributed by atoms with Crippen LogP contribution in [0.1, 0.15) is 5.56 Å². The zero-order valence-corrected chi connectivity index (χ0v) is 17.5. The summed E-state index contributed by atoms with van der Waals surface area (Å²) in [5.74, 6) is -0.880. The third-order valence-electron chi connectivity index (χ3n) is 4.40. The molecule has 3 N–H and O–H groups in total. The molecule has 1 amide bonds. The Bertz CT molecular complexity index is 1340. The lowest BCUT2D eigenvalue weighted by Crippen LogP contribution is -2.16. The Labute approximate surface area is 182 Å². The smallest absolute Gasteiger partial charge is 0.264 e. The largest absolute Gasteiger partial charge is 0.324 e. The van der Waals surface area contributed by atoms with Gasteiger partial charge in [0, 0.05) is 10.7 Å². The van der Waals surface area contributed by atoms with Crippen molar-refractivity contribution in [2.75, 3.05) is 10.0 Å². The van der Waals surface area contributed by atoms with Crippen LogP contribution in [0.3, 0.4) is 0 Å². The van der Waals surface area contributed by atoms with Crippen molar-refractivity contribution in [3.8, 4) is 0 Å². The summed E-state index contributed by atoms with van der Waals surface area (Å²) in [5.41, 5.74) is 2.45. The average Bonchev–Trinajstić information content (AvgIpc) is 3.11. The van der Waals surface area contributed by atoms with Gasteiger partial charge in [-0.25, -0.2) is 17.8 Å². The number of anilines is 2. The van der Waals surface area contributed by atoms with E-state index in [1.807, 2.05) is 24.3 Å². The number of nitrogens with one attached hydrogen (secondary N) is 3. The monoisotopic (exact) mass is 458 g/mol. The molecule has 3 aromatic carbocycles. The number of hydrogen-bond acceptors (Lipinski definition) is 4. The van der Waals surface area contributed by atoms with E-state index in [0.717, 1.165) is 23.2 Å². The lowest BCUT2D eigenvalue weighted by Gasteiger charge is -2.10. The van der Waals surface area contributed by atoms with Crippen LogP contribution in [0.5, 0.6) is 0 Å². The topological polar surface area (TPSA) is 104 Å². The van der Waals surface area contributed by atoms with Gasteiger partial charge in [-0.3, -0.25) is 14.8 Å². The highest BCUT2D eigenvalue weighted by Crippen LogP contribution is 2.22. The number of amides is 1. The number of fused-ring (bicyclic) bond motifs is 1. The molecular formula is C21H16ClFN4O3S. The minimum atomic E-state index is -4.13. The summed E-state index contributed by atoms with van der Waals surface area (Å²) in [4.78, 5) is 19.1. The molecule has 1 aromatic heterocycles. The van der Waals surface area contributed by atoms with Crippen LogP contribution in [0.25, 0.3) is 11.0 Å². The Morgan fingerprint density at radius 3 is 2.52 bits per heavy atom. The van der Waals surface area contributed by atoms with Crippen LogP contribution < -0.4 is 10.0 Å². The number of hydrogen-bond donors (Lipinski definition) is 3. The number of nitrogens with zero attached hydrogens (tertiary/aromatic N) is 1. The molecule has 0 aliphatic rings. The van der Waals surface area contributed by atoms with Crippen molar-refractivity contribution < 1.29 is 17.6 Å². The molecule has 0 spiro atoms. The number of carbonyl (C=O) groups is 1. The summed E-state index contributed by atoms with van der Waals surface area (Å²) in [5, 5.41) is 2.79. The molecule has 31 heavy (non-hydrogen) atoms. The molecule has 4 rings (SSSR count). The van der Waals surface area contributed by atoms with E-state index >= 15 is 0 Å². The molecule has 0 aliphatic heterocycles. The normalized spacial score (nSPS) is 11.4. The highest BCUT2D eigenvalue weighted by Gasteiger charge is 2.19. The van der Waals surface area contributed by atoms with Gasteiger partial charge < -0.3 is 4.98 Å². The Kier molecular flexibility index (Phi) is 5.62. The Hall–Kier alpha value is -3.43. The van der Waals surface area contributed by atoms with E-state index in [-0.39, 0.29) is 23.0 Å². The van der Waals surface area contributed by atoms with E-state index in [9.17, 15) is 17.6 Å². The number of rotatable bonds is 6. The van der Waals surface area contributed by atoms with E-state index in [4.69, 9.17) is 11.6 Å². The van der Waals surface area contributed by atoms with Crippen molar-refractivity contribution in [2.24, 2.45) is 0 Å². The maximum Gasteiger partial charge on any atom is 0.264 e. The molecular weight excluding hydrogens is 443 g/mol. The van der Waals surface area contributed by atoms with Gasteiger partial charge in [0.25, 0.3) is 10.0 Å². The first-order chi connectivity index (χ1) is 14.8. The predicted molar refractivity (Wildman–Crippen MR) is 117 cm³/mol. The third kappa shape index (κ3) is 4.84. The van der Waals surface area contributed by atoms with Gasteiger partial charge in [0.05, 0.1) is 17.5 Å². The second-order valence-electron chi connectivity index (χ2n) is 6.70. The lowest BCUT2D eigenvalue weighted by molar-refractivity contribution is -0.115. The molecule has 0 saturated heterocycles. The molecule has 0 unspecified atom stereocenters. The molecule has 7 nitrogen and oxygen atoms in total. The maximum absolute atomic E-state index is 13.9. The number of H-pyrrole nitrogens is 1. The van der Waals surface area contributed by atoms with Crippen LogP contribution in [-0.2, 0) is 21.2 Å². The number of aromatic amines is 1. The summed E-state index contributed by atoms with van der Waals surface area (Å²) >= 11 is 5.66. The summed E-state index contributed by atoms with van der Waals surface area (Å²) in [6, 6.07) is 16.9. The summed E-state index contributed by atoms with van der Waals surface area (Å²) in [6.07, 6.45) is 0.0654. The van der Waals surface area contributed by atoms with Crippen molar-refractivity contribution in [2.45, 2.75) is 11.3 Å². The number of carbonyl (C=O) groups excluding carboxylic acids is 1. The molecule has 1 heterocycles. The first kappa shape index (κ1) is 20.8. The summed E-state index contributed by atoms with van der Waals surface area (Å²) < 4.78 is 41.1. The standard InChI is InChI=1S/C21H16ClFN4O3S/c22-14-7-10-19(16(23)12-14)31(29,30)27-15-8-5-13(6-9-15)11-20(28)26-21-24-17-3-1-2-4-18(17)25-21/h1-10,12,27H,11H2,(H2,24,25,26,28). The van der Waals surface area contributed by atoms with E-state index in [1.54, 1.807) is 12.1 Å².